The van der Waals surface area contributed by atoms with Crippen molar-refractivity contribution < 1.29 is 18.0 Å². The van der Waals surface area contributed by atoms with E-state index in [2.05, 4.69) is 10.6 Å². The standard InChI is InChI=1S/C22H24N4O4S/c1-15-3-8-20(24-16(2)27)21(13-15)25-22(28)18-9-11-26(12-10-18)31(29,30)19-6-4-17(14-23)5-7-19/h3-8,13,18H,9-12H2,1-2H3,(H,24,27)(H,25,28). The van der Waals surface area contributed by atoms with E-state index < -0.39 is 10.0 Å². The molecule has 1 fully saturated rings. The Morgan fingerprint density at radius 2 is 1.68 bits per heavy atom. The molecule has 0 saturated carbocycles. The smallest absolute Gasteiger partial charge is 0.243 e. The first-order valence-electron chi connectivity index (χ1n) is 9.90. The molecule has 1 saturated heterocycles. The van der Waals surface area contributed by atoms with Crippen molar-refractivity contribution in [2.75, 3.05) is 23.7 Å². The summed E-state index contributed by atoms with van der Waals surface area (Å²) in [5.74, 6) is -0.772. The summed E-state index contributed by atoms with van der Waals surface area (Å²) in [5, 5.41) is 14.4. The Kier molecular flexibility index (Phi) is 6.73. The monoisotopic (exact) mass is 440 g/mol. The van der Waals surface area contributed by atoms with Crippen LogP contribution in [-0.2, 0) is 19.6 Å². The molecule has 9 heteroatoms. The van der Waals surface area contributed by atoms with E-state index in [1.807, 2.05) is 19.1 Å². The molecule has 1 aliphatic rings. The topological polar surface area (TPSA) is 119 Å². The third-order valence-electron chi connectivity index (χ3n) is 5.19. The van der Waals surface area contributed by atoms with E-state index in [4.69, 9.17) is 5.26 Å². The number of aryl methyl sites for hydroxylation is 1. The highest BCUT2D eigenvalue weighted by Crippen LogP contribution is 2.28. The zero-order valence-electron chi connectivity index (χ0n) is 17.4. The SMILES string of the molecule is CC(=O)Nc1ccc(C)cc1NC(=O)C1CCN(S(=O)(=O)c2ccc(C#N)cc2)CC1. The summed E-state index contributed by atoms with van der Waals surface area (Å²) in [6.45, 7) is 3.74. The number of hydrogen-bond acceptors (Lipinski definition) is 5. The fourth-order valence-corrected chi connectivity index (χ4v) is 4.97. The van der Waals surface area contributed by atoms with E-state index in [1.165, 1.54) is 35.5 Å². The number of nitrogens with one attached hydrogen (secondary N) is 2. The third-order valence-corrected chi connectivity index (χ3v) is 7.10. The highest BCUT2D eigenvalue weighted by atomic mass is 32.2. The number of piperidine rings is 1. The average molecular weight is 441 g/mol. The summed E-state index contributed by atoms with van der Waals surface area (Å²) in [6.07, 6.45) is 0.783. The van der Waals surface area contributed by atoms with Crippen molar-refractivity contribution in [1.82, 2.24) is 4.31 Å². The van der Waals surface area contributed by atoms with Crippen molar-refractivity contribution in [3.05, 3.63) is 53.6 Å². The maximum atomic E-state index is 12.8. The zero-order valence-corrected chi connectivity index (χ0v) is 18.2. The molecule has 2 aromatic rings. The quantitative estimate of drug-likeness (QED) is 0.741. The lowest BCUT2D eigenvalue weighted by Gasteiger charge is -2.30. The number of carbonyl (C=O) groups is 2. The van der Waals surface area contributed by atoms with Gasteiger partial charge >= 0.3 is 0 Å². The van der Waals surface area contributed by atoms with Gasteiger partial charge in [0.2, 0.25) is 21.8 Å². The predicted octanol–water partition coefficient (Wildman–Crippen LogP) is 2.86. The van der Waals surface area contributed by atoms with Crippen LogP contribution < -0.4 is 10.6 Å². The Hall–Kier alpha value is -3.22. The highest BCUT2D eigenvalue weighted by Gasteiger charge is 2.32. The van der Waals surface area contributed by atoms with Crippen LogP contribution in [0.3, 0.4) is 0 Å². The van der Waals surface area contributed by atoms with Gasteiger partial charge < -0.3 is 10.6 Å². The summed E-state index contributed by atoms with van der Waals surface area (Å²) in [4.78, 5) is 24.3. The lowest BCUT2D eigenvalue weighted by molar-refractivity contribution is -0.121. The number of sulfonamides is 1. The van der Waals surface area contributed by atoms with Gasteiger partial charge in [0.1, 0.15) is 0 Å². The van der Waals surface area contributed by atoms with Gasteiger partial charge in [-0.15, -0.1) is 0 Å². The number of nitrogens with zero attached hydrogens (tertiary/aromatic N) is 2. The second-order valence-electron chi connectivity index (χ2n) is 7.53. The van der Waals surface area contributed by atoms with E-state index in [-0.39, 0.29) is 35.7 Å². The fourth-order valence-electron chi connectivity index (χ4n) is 3.50. The molecule has 0 radical (unpaired) electrons. The van der Waals surface area contributed by atoms with Crippen LogP contribution in [0.15, 0.2) is 47.4 Å². The minimum absolute atomic E-state index is 0.133. The molecule has 0 bridgehead atoms. The molecule has 0 spiro atoms. The molecule has 8 nitrogen and oxygen atoms in total. The molecule has 1 heterocycles. The van der Waals surface area contributed by atoms with Gasteiger partial charge in [-0.1, -0.05) is 6.07 Å². The fraction of sp³-hybridized carbons (Fsp3) is 0.318. The van der Waals surface area contributed by atoms with Gasteiger partial charge in [0.25, 0.3) is 0 Å². The van der Waals surface area contributed by atoms with Crippen molar-refractivity contribution in [3.63, 3.8) is 0 Å². The zero-order chi connectivity index (χ0) is 22.6. The van der Waals surface area contributed by atoms with Crippen molar-refractivity contribution in [2.24, 2.45) is 5.92 Å². The Morgan fingerprint density at radius 3 is 2.26 bits per heavy atom. The minimum atomic E-state index is -3.68. The highest BCUT2D eigenvalue weighted by molar-refractivity contribution is 7.89. The van der Waals surface area contributed by atoms with E-state index in [9.17, 15) is 18.0 Å². The molecule has 0 unspecified atom stereocenters. The van der Waals surface area contributed by atoms with Gasteiger partial charge in [0, 0.05) is 25.9 Å². The third kappa shape index (κ3) is 5.29. The summed E-state index contributed by atoms with van der Waals surface area (Å²) in [7, 11) is -3.68. The summed E-state index contributed by atoms with van der Waals surface area (Å²) >= 11 is 0. The molecule has 2 aromatic carbocycles. The van der Waals surface area contributed by atoms with Crippen LogP contribution in [0, 0.1) is 24.2 Å². The van der Waals surface area contributed by atoms with Crippen molar-refractivity contribution >= 4 is 33.2 Å². The van der Waals surface area contributed by atoms with Crippen LogP contribution in [-0.4, -0.2) is 37.6 Å². The Balaban J connectivity index is 1.65. The van der Waals surface area contributed by atoms with E-state index in [0.29, 0.717) is 29.8 Å². The molecular weight excluding hydrogens is 416 g/mol. The first-order chi connectivity index (χ1) is 14.7. The van der Waals surface area contributed by atoms with Gasteiger partial charge in [-0.2, -0.15) is 9.57 Å². The average Bonchev–Trinajstić information content (AvgIpc) is 2.75. The number of hydrogen-bond donors (Lipinski definition) is 2. The van der Waals surface area contributed by atoms with Crippen LogP contribution in [0.4, 0.5) is 11.4 Å². The summed E-state index contributed by atoms with van der Waals surface area (Å²) < 4.78 is 27.1. The van der Waals surface area contributed by atoms with Gasteiger partial charge in [0.05, 0.1) is 27.9 Å². The van der Waals surface area contributed by atoms with Gasteiger partial charge in [-0.25, -0.2) is 8.42 Å². The molecule has 2 amide bonds. The van der Waals surface area contributed by atoms with Crippen molar-refractivity contribution in [2.45, 2.75) is 31.6 Å². The summed E-state index contributed by atoms with van der Waals surface area (Å²) in [5.41, 5.74) is 2.37. The van der Waals surface area contributed by atoms with Crippen molar-refractivity contribution in [1.29, 1.82) is 5.26 Å². The first-order valence-corrected chi connectivity index (χ1v) is 11.3. The van der Waals surface area contributed by atoms with Crippen LogP contribution in [0.5, 0.6) is 0 Å². The van der Waals surface area contributed by atoms with E-state index in [0.717, 1.165) is 5.56 Å². The minimum Gasteiger partial charge on any atom is -0.325 e. The van der Waals surface area contributed by atoms with Gasteiger partial charge in [0.15, 0.2) is 0 Å². The van der Waals surface area contributed by atoms with E-state index >= 15 is 0 Å². The number of rotatable bonds is 5. The van der Waals surface area contributed by atoms with E-state index in [1.54, 1.807) is 12.1 Å². The number of amides is 2. The van der Waals surface area contributed by atoms with Crippen molar-refractivity contribution in [3.8, 4) is 6.07 Å². The molecule has 1 aliphatic heterocycles. The summed E-state index contributed by atoms with van der Waals surface area (Å²) in [6, 6.07) is 13.1. The largest absolute Gasteiger partial charge is 0.325 e. The molecule has 31 heavy (non-hydrogen) atoms. The molecule has 3 rings (SSSR count). The number of nitriles is 1. The van der Waals surface area contributed by atoms with Crippen LogP contribution >= 0.6 is 0 Å². The normalized spacial score (nSPS) is 15.1. The predicted molar refractivity (Wildman–Crippen MR) is 117 cm³/mol. The Bertz CT molecular complexity index is 1130. The lowest BCUT2D eigenvalue weighted by atomic mass is 9.97. The molecule has 2 N–H and O–H groups in total. The number of anilines is 2. The number of carbonyl (C=O) groups excluding carboxylic acids is 2. The lowest BCUT2D eigenvalue weighted by Crippen LogP contribution is -2.41. The Labute approximate surface area is 181 Å². The Morgan fingerprint density at radius 1 is 1.03 bits per heavy atom. The maximum absolute atomic E-state index is 12.8. The van der Waals surface area contributed by atoms with Gasteiger partial charge in [-0.05, 0) is 61.7 Å². The molecule has 0 atom stereocenters. The molecule has 0 aliphatic carbocycles. The first kappa shape index (κ1) is 22.5. The second-order valence-corrected chi connectivity index (χ2v) is 9.47. The second kappa shape index (κ2) is 9.29. The molecule has 162 valence electrons. The maximum Gasteiger partial charge on any atom is 0.243 e. The molecular formula is C22H24N4O4S. The van der Waals surface area contributed by atoms with Crippen LogP contribution in [0.25, 0.3) is 0 Å². The number of benzene rings is 2. The van der Waals surface area contributed by atoms with Crippen LogP contribution in [0.2, 0.25) is 0 Å². The molecule has 0 aromatic heterocycles. The van der Waals surface area contributed by atoms with Gasteiger partial charge in [-0.3, -0.25) is 9.59 Å². The van der Waals surface area contributed by atoms with Crippen LogP contribution in [0.1, 0.15) is 30.9 Å².